The number of carbonyl (C=O) groups is 1. The third-order valence-electron chi connectivity index (χ3n) is 3.34. The van der Waals surface area contributed by atoms with Gasteiger partial charge >= 0.3 is 0 Å². The van der Waals surface area contributed by atoms with E-state index in [4.69, 9.17) is 0 Å². The summed E-state index contributed by atoms with van der Waals surface area (Å²) in [5, 5.41) is 5.64. The fraction of sp³-hybridized carbons (Fsp3) is 0.214. The van der Waals surface area contributed by atoms with Crippen molar-refractivity contribution in [3.8, 4) is 11.3 Å². The molecule has 19 heavy (non-hydrogen) atoms. The van der Waals surface area contributed by atoms with Crippen molar-refractivity contribution in [1.82, 2.24) is 14.6 Å². The van der Waals surface area contributed by atoms with Gasteiger partial charge in [0.1, 0.15) is 16.4 Å². The van der Waals surface area contributed by atoms with Crippen LogP contribution in [0.3, 0.4) is 0 Å². The van der Waals surface area contributed by atoms with E-state index in [1.807, 2.05) is 30.3 Å². The Hall–Kier alpha value is -2.01. The third kappa shape index (κ3) is 1.69. The van der Waals surface area contributed by atoms with E-state index in [9.17, 15) is 4.79 Å². The number of carbonyl (C=O) groups excluding carboxylic acids is 1. The van der Waals surface area contributed by atoms with Crippen LogP contribution in [0.1, 0.15) is 34.3 Å². The molecule has 5 heteroatoms. The van der Waals surface area contributed by atoms with Crippen LogP contribution in [0.2, 0.25) is 0 Å². The summed E-state index contributed by atoms with van der Waals surface area (Å²) in [6.45, 7) is 0. The number of aromatic nitrogens is 3. The molecule has 3 aromatic rings. The minimum Gasteiger partial charge on any atom is -0.296 e. The Bertz CT molecular complexity index is 756. The Morgan fingerprint density at radius 3 is 2.74 bits per heavy atom. The molecule has 1 aliphatic carbocycles. The van der Waals surface area contributed by atoms with Crippen molar-refractivity contribution in [3.63, 3.8) is 0 Å². The van der Waals surface area contributed by atoms with Crippen LogP contribution in [0.4, 0.5) is 0 Å². The maximum atomic E-state index is 11.4. The van der Waals surface area contributed by atoms with Crippen LogP contribution in [0.25, 0.3) is 16.2 Å². The Morgan fingerprint density at radius 1 is 1.26 bits per heavy atom. The van der Waals surface area contributed by atoms with Crippen molar-refractivity contribution in [2.75, 3.05) is 0 Å². The molecule has 1 aromatic carbocycles. The zero-order chi connectivity index (χ0) is 12.8. The van der Waals surface area contributed by atoms with Crippen LogP contribution in [0, 0.1) is 0 Å². The number of hydrogen-bond acceptors (Lipinski definition) is 4. The van der Waals surface area contributed by atoms with Crippen LogP contribution in [-0.4, -0.2) is 20.9 Å². The quantitative estimate of drug-likeness (QED) is 0.686. The van der Waals surface area contributed by atoms with Gasteiger partial charge < -0.3 is 0 Å². The molecule has 0 saturated heterocycles. The molecule has 2 aromatic heterocycles. The van der Waals surface area contributed by atoms with Gasteiger partial charge in [-0.3, -0.25) is 4.79 Å². The van der Waals surface area contributed by atoms with Crippen molar-refractivity contribution < 1.29 is 4.79 Å². The zero-order valence-corrected chi connectivity index (χ0v) is 10.9. The van der Waals surface area contributed by atoms with E-state index in [0.29, 0.717) is 11.6 Å². The Labute approximate surface area is 113 Å². The van der Waals surface area contributed by atoms with Gasteiger partial charge in [-0.15, -0.1) is 0 Å². The van der Waals surface area contributed by atoms with Crippen LogP contribution >= 0.6 is 11.3 Å². The van der Waals surface area contributed by atoms with Crippen LogP contribution in [-0.2, 0) is 0 Å². The normalized spacial score (nSPS) is 14.9. The molecular weight excluding hydrogens is 258 g/mol. The summed E-state index contributed by atoms with van der Waals surface area (Å²) in [5.74, 6) is 0.589. The van der Waals surface area contributed by atoms with E-state index in [-0.39, 0.29) is 0 Å². The topological polar surface area (TPSA) is 47.3 Å². The number of fused-ring (bicyclic) bond motifs is 1. The van der Waals surface area contributed by atoms with E-state index >= 15 is 0 Å². The van der Waals surface area contributed by atoms with Gasteiger partial charge in [0.25, 0.3) is 0 Å². The van der Waals surface area contributed by atoms with Gasteiger partial charge in [0.2, 0.25) is 4.96 Å². The second-order valence-corrected chi connectivity index (χ2v) is 5.73. The monoisotopic (exact) mass is 269 g/mol. The molecule has 0 amide bonds. The summed E-state index contributed by atoms with van der Waals surface area (Å²) in [4.78, 5) is 16.8. The molecule has 1 fully saturated rings. The van der Waals surface area contributed by atoms with Gasteiger partial charge in [-0.25, -0.2) is 4.98 Å². The highest BCUT2D eigenvalue weighted by atomic mass is 32.1. The summed E-state index contributed by atoms with van der Waals surface area (Å²) in [5.41, 5.74) is 2.22. The molecule has 2 heterocycles. The lowest BCUT2D eigenvalue weighted by molar-refractivity contribution is 0.111. The molecule has 1 saturated carbocycles. The molecule has 0 N–H and O–H groups in total. The lowest BCUT2D eigenvalue weighted by atomic mass is 10.1. The maximum Gasteiger partial charge on any atom is 0.213 e. The summed E-state index contributed by atoms with van der Waals surface area (Å²) >= 11 is 1.59. The van der Waals surface area contributed by atoms with E-state index in [2.05, 4.69) is 10.1 Å². The van der Waals surface area contributed by atoms with Crippen molar-refractivity contribution in [2.45, 2.75) is 18.8 Å². The van der Waals surface area contributed by atoms with Gasteiger partial charge in [-0.1, -0.05) is 41.7 Å². The highest BCUT2D eigenvalue weighted by molar-refractivity contribution is 7.16. The third-order valence-corrected chi connectivity index (χ3v) is 4.41. The summed E-state index contributed by atoms with van der Waals surface area (Å²) in [6.07, 6.45) is 3.26. The molecule has 0 radical (unpaired) electrons. The van der Waals surface area contributed by atoms with Crippen molar-refractivity contribution in [2.24, 2.45) is 0 Å². The van der Waals surface area contributed by atoms with E-state index in [1.165, 1.54) is 12.8 Å². The first-order valence-electron chi connectivity index (χ1n) is 6.27. The van der Waals surface area contributed by atoms with Gasteiger partial charge in [0, 0.05) is 11.5 Å². The second-order valence-electron chi connectivity index (χ2n) is 4.74. The Kier molecular flexibility index (Phi) is 2.29. The highest BCUT2D eigenvalue weighted by Gasteiger charge is 2.29. The Morgan fingerprint density at radius 2 is 2.05 bits per heavy atom. The zero-order valence-electron chi connectivity index (χ0n) is 10.1. The van der Waals surface area contributed by atoms with E-state index in [1.54, 1.807) is 15.9 Å². The lowest BCUT2D eigenvalue weighted by Crippen LogP contribution is -1.94. The average molecular weight is 269 g/mol. The fourth-order valence-corrected chi connectivity index (χ4v) is 3.26. The second kappa shape index (κ2) is 3.99. The standard InChI is InChI=1S/C14H11N3OS/c18-8-11-12(9-4-2-1-3-5-9)15-14-17(11)16-13(19-14)10-6-7-10/h1-5,8,10H,6-7H2. The highest BCUT2D eigenvalue weighted by Crippen LogP contribution is 2.42. The number of aldehydes is 1. The molecule has 1 aliphatic rings. The smallest absolute Gasteiger partial charge is 0.213 e. The van der Waals surface area contributed by atoms with Crippen LogP contribution < -0.4 is 0 Å². The minimum atomic E-state index is 0.546. The molecule has 4 nitrogen and oxygen atoms in total. The molecule has 0 spiro atoms. The SMILES string of the molecule is O=Cc1c(-c2ccccc2)nc2sc(C3CC3)nn12. The first-order valence-corrected chi connectivity index (χ1v) is 7.08. The number of nitrogens with zero attached hydrogens (tertiary/aromatic N) is 3. The predicted octanol–water partition coefficient (Wildman–Crippen LogP) is 3.15. The number of imidazole rings is 1. The van der Waals surface area contributed by atoms with Crippen molar-refractivity contribution in [3.05, 3.63) is 41.0 Å². The lowest BCUT2D eigenvalue weighted by Gasteiger charge is -1.97. The predicted molar refractivity (Wildman–Crippen MR) is 73.7 cm³/mol. The van der Waals surface area contributed by atoms with Gasteiger partial charge in [0.05, 0.1) is 0 Å². The van der Waals surface area contributed by atoms with Crippen molar-refractivity contribution >= 4 is 22.6 Å². The molecular formula is C14H11N3OS. The largest absolute Gasteiger partial charge is 0.296 e. The number of rotatable bonds is 3. The van der Waals surface area contributed by atoms with Gasteiger partial charge in [0.15, 0.2) is 6.29 Å². The maximum absolute atomic E-state index is 11.4. The summed E-state index contributed by atoms with van der Waals surface area (Å²) < 4.78 is 1.69. The average Bonchev–Trinajstić information content (AvgIpc) is 3.12. The number of hydrogen-bond donors (Lipinski definition) is 0. The van der Waals surface area contributed by atoms with Crippen LogP contribution in [0.15, 0.2) is 30.3 Å². The first-order chi connectivity index (χ1) is 9.36. The minimum absolute atomic E-state index is 0.546. The van der Waals surface area contributed by atoms with Gasteiger partial charge in [-0.2, -0.15) is 9.61 Å². The van der Waals surface area contributed by atoms with E-state index in [0.717, 1.165) is 27.5 Å². The molecule has 0 unspecified atom stereocenters. The molecule has 0 bridgehead atoms. The fourth-order valence-electron chi connectivity index (χ4n) is 2.19. The first kappa shape index (κ1) is 10.9. The molecule has 4 rings (SSSR count). The molecule has 0 atom stereocenters. The van der Waals surface area contributed by atoms with Crippen LogP contribution in [0.5, 0.6) is 0 Å². The van der Waals surface area contributed by atoms with E-state index < -0.39 is 0 Å². The van der Waals surface area contributed by atoms with Gasteiger partial charge in [-0.05, 0) is 12.8 Å². The molecule has 0 aliphatic heterocycles. The summed E-state index contributed by atoms with van der Waals surface area (Å²) in [6, 6.07) is 9.76. The van der Waals surface area contributed by atoms with Crippen molar-refractivity contribution in [1.29, 1.82) is 0 Å². The molecule has 94 valence electrons. The summed E-state index contributed by atoms with van der Waals surface area (Å²) in [7, 11) is 0. The Balaban J connectivity index is 1.92. The number of benzene rings is 1.